The van der Waals surface area contributed by atoms with Gasteiger partial charge in [-0.3, -0.25) is 0 Å². The summed E-state index contributed by atoms with van der Waals surface area (Å²) < 4.78 is 5.57. The number of benzene rings is 1. The number of hydrogen-bond donors (Lipinski definition) is 0. The minimum Gasteiger partial charge on any atom is -0.493 e. The van der Waals surface area contributed by atoms with Crippen molar-refractivity contribution in [3.8, 4) is 5.75 Å². The Kier molecular flexibility index (Phi) is 4.85. The Morgan fingerprint density at radius 1 is 1.35 bits per heavy atom. The lowest BCUT2D eigenvalue weighted by molar-refractivity contribution is 0.174. The minimum atomic E-state index is 0.809. The second kappa shape index (κ2) is 6.82. The molecule has 20 heavy (non-hydrogen) atoms. The van der Waals surface area contributed by atoms with Crippen molar-refractivity contribution in [2.75, 3.05) is 32.1 Å². The summed E-state index contributed by atoms with van der Waals surface area (Å²) in [5.74, 6) is 2.71. The van der Waals surface area contributed by atoms with E-state index < -0.39 is 0 Å². The molecule has 1 fully saturated rings. The van der Waals surface area contributed by atoms with E-state index in [0.717, 1.165) is 37.0 Å². The van der Waals surface area contributed by atoms with Crippen LogP contribution < -0.4 is 4.74 Å². The summed E-state index contributed by atoms with van der Waals surface area (Å²) in [7, 11) is 0. The molecule has 1 unspecified atom stereocenters. The van der Waals surface area contributed by atoms with Crippen LogP contribution in [0.1, 0.15) is 30.4 Å². The summed E-state index contributed by atoms with van der Waals surface area (Å²) >= 11 is 5.88. The van der Waals surface area contributed by atoms with Gasteiger partial charge in [0.05, 0.1) is 6.61 Å². The molecule has 0 radical (unpaired) electrons. The van der Waals surface area contributed by atoms with Crippen LogP contribution in [0.15, 0.2) is 18.2 Å². The van der Waals surface area contributed by atoms with E-state index >= 15 is 0 Å². The molecule has 0 amide bonds. The number of halogens is 1. The lowest BCUT2D eigenvalue weighted by Crippen LogP contribution is -2.36. The average molecular weight is 294 g/mol. The third-order valence-corrected chi connectivity index (χ3v) is 4.81. The molecule has 2 aliphatic rings. The normalized spacial score (nSPS) is 22.6. The quantitative estimate of drug-likeness (QED) is 0.771. The van der Waals surface area contributed by atoms with E-state index in [-0.39, 0.29) is 0 Å². The first-order valence-corrected chi connectivity index (χ1v) is 8.41. The molecule has 0 aliphatic carbocycles. The highest BCUT2D eigenvalue weighted by Crippen LogP contribution is 2.26. The van der Waals surface area contributed by atoms with Crippen LogP contribution in [0.2, 0.25) is 0 Å². The first-order chi connectivity index (χ1) is 9.85. The van der Waals surface area contributed by atoms with Gasteiger partial charge in [-0.2, -0.15) is 0 Å². The third-order valence-electron chi connectivity index (χ3n) is 4.59. The summed E-state index contributed by atoms with van der Waals surface area (Å²) in [5, 5.41) is 0. The van der Waals surface area contributed by atoms with Crippen LogP contribution >= 0.6 is 11.6 Å². The van der Waals surface area contributed by atoms with Gasteiger partial charge in [0.15, 0.2) is 0 Å². The number of ether oxygens (including phenoxy) is 1. The first-order valence-electron chi connectivity index (χ1n) is 7.88. The number of hydrogen-bond acceptors (Lipinski definition) is 2. The smallest absolute Gasteiger partial charge is 0.122 e. The topological polar surface area (TPSA) is 12.5 Å². The monoisotopic (exact) mass is 293 g/mol. The van der Waals surface area contributed by atoms with Gasteiger partial charge in [0.25, 0.3) is 0 Å². The molecule has 2 aliphatic heterocycles. The van der Waals surface area contributed by atoms with Crippen molar-refractivity contribution in [3.63, 3.8) is 0 Å². The number of fused-ring (bicyclic) bond motifs is 1. The van der Waals surface area contributed by atoms with E-state index in [1.165, 1.54) is 50.0 Å². The zero-order chi connectivity index (χ0) is 13.8. The molecular formula is C17H24ClNO. The zero-order valence-corrected chi connectivity index (χ0v) is 12.9. The van der Waals surface area contributed by atoms with Crippen LogP contribution in [0.5, 0.6) is 5.75 Å². The van der Waals surface area contributed by atoms with E-state index in [9.17, 15) is 0 Å². The fourth-order valence-electron chi connectivity index (χ4n) is 3.43. The van der Waals surface area contributed by atoms with Gasteiger partial charge in [-0.15, -0.1) is 11.6 Å². The molecule has 3 rings (SSSR count). The molecule has 110 valence electrons. The first kappa shape index (κ1) is 14.2. The van der Waals surface area contributed by atoms with Crippen LogP contribution in [0.25, 0.3) is 0 Å². The largest absolute Gasteiger partial charge is 0.493 e. The van der Waals surface area contributed by atoms with Crippen molar-refractivity contribution in [2.24, 2.45) is 5.92 Å². The van der Waals surface area contributed by atoms with Gasteiger partial charge in [-0.05, 0) is 55.3 Å². The summed E-state index contributed by atoms with van der Waals surface area (Å²) in [6.45, 7) is 4.52. The van der Waals surface area contributed by atoms with Crippen molar-refractivity contribution >= 4 is 11.6 Å². The number of alkyl halides is 1. The van der Waals surface area contributed by atoms with E-state index in [1.807, 2.05) is 0 Å². The maximum atomic E-state index is 5.88. The van der Waals surface area contributed by atoms with Crippen LogP contribution in [-0.2, 0) is 12.8 Å². The lowest BCUT2D eigenvalue weighted by Gasteiger charge is -2.32. The molecule has 2 nitrogen and oxygen atoms in total. The Morgan fingerprint density at radius 3 is 3.20 bits per heavy atom. The van der Waals surface area contributed by atoms with E-state index in [1.54, 1.807) is 0 Å². The standard InChI is InChI=1S/C17H24ClNO/c18-8-5-15-2-1-9-19(13-15)10-6-14-3-4-17-16(12-14)7-11-20-17/h3-4,12,15H,1-2,5-11,13H2. The number of piperidine rings is 1. The molecule has 1 atom stereocenters. The number of likely N-dealkylation sites (tertiary alicyclic amines) is 1. The van der Waals surface area contributed by atoms with Gasteiger partial charge >= 0.3 is 0 Å². The zero-order valence-electron chi connectivity index (χ0n) is 12.1. The second-order valence-corrected chi connectivity index (χ2v) is 6.46. The van der Waals surface area contributed by atoms with Crippen molar-refractivity contribution in [1.82, 2.24) is 4.90 Å². The SMILES string of the molecule is ClCCC1CCCN(CCc2ccc3c(c2)CCO3)C1. The van der Waals surface area contributed by atoms with Crippen molar-refractivity contribution in [2.45, 2.75) is 32.1 Å². The molecule has 0 aromatic heterocycles. The highest BCUT2D eigenvalue weighted by molar-refractivity contribution is 6.17. The molecule has 3 heteroatoms. The van der Waals surface area contributed by atoms with Gasteiger partial charge < -0.3 is 9.64 Å². The minimum absolute atomic E-state index is 0.809. The molecule has 0 spiro atoms. The summed E-state index contributed by atoms with van der Waals surface area (Å²) in [6.07, 6.45) is 6.10. The average Bonchev–Trinajstić information content (AvgIpc) is 2.93. The predicted octanol–water partition coefficient (Wildman–Crippen LogP) is 3.50. The molecule has 0 saturated carbocycles. The van der Waals surface area contributed by atoms with Crippen LogP contribution in [0.4, 0.5) is 0 Å². The number of rotatable bonds is 5. The van der Waals surface area contributed by atoms with E-state index in [0.29, 0.717) is 0 Å². The summed E-state index contributed by atoms with van der Waals surface area (Å²) in [5.41, 5.74) is 2.84. The van der Waals surface area contributed by atoms with Gasteiger partial charge in [-0.25, -0.2) is 0 Å². The van der Waals surface area contributed by atoms with Gasteiger partial charge in [-0.1, -0.05) is 12.1 Å². The van der Waals surface area contributed by atoms with Crippen LogP contribution in [0.3, 0.4) is 0 Å². The maximum Gasteiger partial charge on any atom is 0.122 e. The van der Waals surface area contributed by atoms with Gasteiger partial charge in [0, 0.05) is 25.4 Å². The fourth-order valence-corrected chi connectivity index (χ4v) is 3.74. The van der Waals surface area contributed by atoms with E-state index in [2.05, 4.69) is 23.1 Å². The molecule has 2 heterocycles. The highest BCUT2D eigenvalue weighted by atomic mass is 35.5. The Morgan fingerprint density at radius 2 is 2.30 bits per heavy atom. The predicted molar refractivity (Wildman–Crippen MR) is 83.8 cm³/mol. The molecule has 1 aromatic carbocycles. The summed E-state index contributed by atoms with van der Waals surface area (Å²) in [6, 6.07) is 6.71. The van der Waals surface area contributed by atoms with Crippen LogP contribution in [-0.4, -0.2) is 37.0 Å². The van der Waals surface area contributed by atoms with Crippen molar-refractivity contribution in [1.29, 1.82) is 0 Å². The second-order valence-electron chi connectivity index (χ2n) is 6.08. The summed E-state index contributed by atoms with van der Waals surface area (Å²) in [4.78, 5) is 2.62. The Hall–Kier alpha value is -0.730. The molecular weight excluding hydrogens is 270 g/mol. The van der Waals surface area contributed by atoms with Gasteiger partial charge in [0.1, 0.15) is 5.75 Å². The van der Waals surface area contributed by atoms with Gasteiger partial charge in [0.2, 0.25) is 0 Å². The van der Waals surface area contributed by atoms with Crippen molar-refractivity contribution < 1.29 is 4.74 Å². The molecule has 1 saturated heterocycles. The Bertz CT molecular complexity index is 447. The molecule has 0 N–H and O–H groups in total. The Labute approximate surface area is 127 Å². The van der Waals surface area contributed by atoms with Crippen LogP contribution in [0, 0.1) is 5.92 Å². The molecule has 1 aromatic rings. The highest BCUT2D eigenvalue weighted by Gasteiger charge is 2.19. The third kappa shape index (κ3) is 3.48. The maximum absolute atomic E-state index is 5.88. The lowest BCUT2D eigenvalue weighted by atomic mass is 9.95. The van der Waals surface area contributed by atoms with Crippen molar-refractivity contribution in [3.05, 3.63) is 29.3 Å². The van der Waals surface area contributed by atoms with E-state index in [4.69, 9.17) is 16.3 Å². The fraction of sp³-hybridized carbons (Fsp3) is 0.647. The Balaban J connectivity index is 1.51. The molecule has 0 bridgehead atoms. The number of nitrogens with zero attached hydrogens (tertiary/aromatic N) is 1.